The maximum Gasteiger partial charge on any atom is 0.293 e. The number of aryl methyl sites for hydroxylation is 1. The van der Waals surface area contributed by atoms with Crippen LogP contribution in [0.3, 0.4) is 0 Å². The summed E-state index contributed by atoms with van der Waals surface area (Å²) < 4.78 is 1.73. The van der Waals surface area contributed by atoms with E-state index in [-0.39, 0.29) is 11.3 Å². The molecule has 8 nitrogen and oxygen atoms in total. The number of fused-ring (bicyclic) bond motifs is 1. The molecular formula is C19H18ClN5O3. The minimum Gasteiger partial charge on any atom is -0.366 e. The fourth-order valence-corrected chi connectivity index (χ4v) is 3.66. The lowest BCUT2D eigenvalue weighted by molar-refractivity contribution is -0.384. The number of amides is 1. The molecule has 0 aliphatic carbocycles. The van der Waals surface area contributed by atoms with Gasteiger partial charge in [0.2, 0.25) is 5.95 Å². The molecule has 0 spiro atoms. The van der Waals surface area contributed by atoms with E-state index in [1.54, 1.807) is 35.9 Å². The van der Waals surface area contributed by atoms with Crippen LogP contribution in [-0.2, 0) is 7.05 Å². The van der Waals surface area contributed by atoms with E-state index in [1.165, 1.54) is 6.07 Å². The third kappa shape index (κ3) is 3.27. The van der Waals surface area contributed by atoms with Gasteiger partial charge in [-0.15, -0.1) is 0 Å². The summed E-state index contributed by atoms with van der Waals surface area (Å²) >= 11 is 5.99. The number of nitro benzene ring substituents is 1. The molecule has 0 saturated carbocycles. The standard InChI is InChI=1S/C19H18ClN5O3/c1-23-15-7-5-13(20)11-14(15)21-19(23)22-18(26)12-4-6-16(17(10-12)25(27)28)24-8-2-3-9-24/h4-7,10-11H,2-3,8-9H2,1H3,(H,21,22,26). The van der Waals surface area contributed by atoms with Gasteiger partial charge in [0.25, 0.3) is 11.6 Å². The number of hydrogen-bond acceptors (Lipinski definition) is 5. The smallest absolute Gasteiger partial charge is 0.293 e. The summed E-state index contributed by atoms with van der Waals surface area (Å²) in [5.41, 5.74) is 2.17. The second-order valence-corrected chi connectivity index (χ2v) is 7.17. The van der Waals surface area contributed by atoms with E-state index in [4.69, 9.17) is 11.6 Å². The third-order valence-corrected chi connectivity index (χ3v) is 5.18. The zero-order valence-corrected chi connectivity index (χ0v) is 15.9. The number of halogens is 1. The number of carbonyl (C=O) groups is 1. The molecule has 1 amide bonds. The Hall–Kier alpha value is -3.13. The van der Waals surface area contributed by atoms with Gasteiger partial charge in [0.05, 0.1) is 16.0 Å². The van der Waals surface area contributed by atoms with Crippen LogP contribution >= 0.6 is 11.6 Å². The molecule has 0 bridgehead atoms. The van der Waals surface area contributed by atoms with Crippen LogP contribution in [0.1, 0.15) is 23.2 Å². The molecule has 9 heteroatoms. The molecule has 3 aromatic rings. The van der Waals surface area contributed by atoms with E-state index in [0.717, 1.165) is 31.4 Å². The summed E-state index contributed by atoms with van der Waals surface area (Å²) in [6.07, 6.45) is 2.02. The van der Waals surface area contributed by atoms with Crippen LogP contribution < -0.4 is 10.2 Å². The molecule has 1 aromatic heterocycles. The number of nitrogens with one attached hydrogen (secondary N) is 1. The summed E-state index contributed by atoms with van der Waals surface area (Å²) in [5.74, 6) is -0.117. The van der Waals surface area contributed by atoms with Gasteiger partial charge >= 0.3 is 0 Å². The Morgan fingerprint density at radius 1 is 1.21 bits per heavy atom. The van der Waals surface area contributed by atoms with Gasteiger partial charge in [-0.25, -0.2) is 4.98 Å². The molecule has 28 heavy (non-hydrogen) atoms. The first-order chi connectivity index (χ1) is 13.4. The van der Waals surface area contributed by atoms with Gasteiger partial charge in [-0.1, -0.05) is 11.6 Å². The minimum absolute atomic E-state index is 0.0636. The summed E-state index contributed by atoms with van der Waals surface area (Å²) in [4.78, 5) is 30.1. The van der Waals surface area contributed by atoms with Gasteiger partial charge in [0, 0.05) is 36.8 Å². The first-order valence-corrected chi connectivity index (χ1v) is 9.28. The lowest BCUT2D eigenvalue weighted by Gasteiger charge is -2.17. The van der Waals surface area contributed by atoms with Gasteiger partial charge < -0.3 is 9.47 Å². The summed E-state index contributed by atoms with van der Waals surface area (Å²) in [6, 6.07) is 9.85. The number of aromatic nitrogens is 2. The highest BCUT2D eigenvalue weighted by atomic mass is 35.5. The first kappa shape index (κ1) is 18.2. The zero-order chi connectivity index (χ0) is 19.8. The van der Waals surface area contributed by atoms with Crippen LogP contribution in [0.4, 0.5) is 17.3 Å². The highest BCUT2D eigenvalue weighted by Gasteiger charge is 2.24. The molecule has 2 heterocycles. The maximum absolute atomic E-state index is 12.7. The maximum atomic E-state index is 12.7. The zero-order valence-electron chi connectivity index (χ0n) is 15.2. The quantitative estimate of drug-likeness (QED) is 0.529. The molecule has 0 unspecified atom stereocenters. The largest absolute Gasteiger partial charge is 0.366 e. The number of nitrogens with zero attached hydrogens (tertiary/aromatic N) is 4. The van der Waals surface area contributed by atoms with Crippen LogP contribution in [0.2, 0.25) is 5.02 Å². The van der Waals surface area contributed by atoms with Gasteiger partial charge in [-0.2, -0.15) is 0 Å². The second-order valence-electron chi connectivity index (χ2n) is 6.74. The number of anilines is 2. The normalized spacial score (nSPS) is 13.9. The topological polar surface area (TPSA) is 93.3 Å². The van der Waals surface area contributed by atoms with Crippen molar-refractivity contribution in [1.82, 2.24) is 9.55 Å². The molecule has 0 radical (unpaired) electrons. The van der Waals surface area contributed by atoms with Gasteiger partial charge in [-0.05, 0) is 43.2 Å². The molecular weight excluding hydrogens is 382 g/mol. The van der Waals surface area contributed by atoms with Crippen molar-refractivity contribution < 1.29 is 9.72 Å². The number of carbonyl (C=O) groups excluding carboxylic acids is 1. The lowest BCUT2D eigenvalue weighted by atomic mass is 10.1. The van der Waals surface area contributed by atoms with Gasteiger partial charge in [0.15, 0.2) is 0 Å². The van der Waals surface area contributed by atoms with Crippen LogP contribution in [0.15, 0.2) is 36.4 Å². The van der Waals surface area contributed by atoms with Gasteiger partial charge in [-0.3, -0.25) is 20.2 Å². The van der Waals surface area contributed by atoms with E-state index in [0.29, 0.717) is 22.2 Å². The van der Waals surface area contributed by atoms with Crippen molar-refractivity contribution >= 4 is 45.9 Å². The average Bonchev–Trinajstić information content (AvgIpc) is 3.30. The number of imidazole rings is 1. The van der Waals surface area contributed by atoms with Crippen molar-refractivity contribution in [3.8, 4) is 0 Å². The molecule has 1 N–H and O–H groups in total. The third-order valence-electron chi connectivity index (χ3n) is 4.95. The Bertz CT molecular complexity index is 1090. The van der Waals surface area contributed by atoms with Crippen molar-refractivity contribution in [2.75, 3.05) is 23.3 Å². The monoisotopic (exact) mass is 399 g/mol. The first-order valence-electron chi connectivity index (χ1n) is 8.91. The Kier molecular flexibility index (Phi) is 4.64. The van der Waals surface area contributed by atoms with Crippen LogP contribution in [0.5, 0.6) is 0 Å². The Morgan fingerprint density at radius 3 is 2.68 bits per heavy atom. The van der Waals surface area contributed by atoms with Gasteiger partial charge in [0.1, 0.15) is 5.69 Å². The summed E-state index contributed by atoms with van der Waals surface area (Å²) in [6.45, 7) is 1.57. The molecule has 2 aromatic carbocycles. The predicted octanol–water partition coefficient (Wildman–Crippen LogP) is 3.99. The second kappa shape index (κ2) is 7.12. The van der Waals surface area contributed by atoms with Crippen molar-refractivity contribution in [3.05, 3.63) is 57.1 Å². The molecule has 1 fully saturated rings. The highest BCUT2D eigenvalue weighted by Crippen LogP contribution is 2.32. The Balaban J connectivity index is 1.64. The minimum atomic E-state index is -0.458. The molecule has 4 rings (SSSR count). The summed E-state index contributed by atoms with van der Waals surface area (Å²) in [5, 5.41) is 14.8. The van der Waals surface area contributed by atoms with E-state index < -0.39 is 10.8 Å². The SMILES string of the molecule is Cn1c(NC(=O)c2ccc(N3CCCC3)c([N+](=O)[O-])c2)nc2cc(Cl)ccc21. The molecule has 144 valence electrons. The highest BCUT2D eigenvalue weighted by molar-refractivity contribution is 6.31. The van der Waals surface area contributed by atoms with E-state index in [1.807, 2.05) is 11.0 Å². The number of benzene rings is 2. The van der Waals surface area contributed by atoms with E-state index in [2.05, 4.69) is 10.3 Å². The molecule has 1 saturated heterocycles. The van der Waals surface area contributed by atoms with E-state index in [9.17, 15) is 14.9 Å². The average molecular weight is 400 g/mol. The Labute approximate surface area is 165 Å². The summed E-state index contributed by atoms with van der Waals surface area (Å²) in [7, 11) is 1.78. The van der Waals surface area contributed by atoms with Crippen LogP contribution in [0.25, 0.3) is 11.0 Å². The number of nitro groups is 1. The van der Waals surface area contributed by atoms with Crippen LogP contribution in [-0.4, -0.2) is 33.5 Å². The van der Waals surface area contributed by atoms with Crippen molar-refractivity contribution in [1.29, 1.82) is 0 Å². The number of rotatable bonds is 4. The van der Waals surface area contributed by atoms with Crippen LogP contribution in [0, 0.1) is 10.1 Å². The number of hydrogen-bond donors (Lipinski definition) is 1. The fourth-order valence-electron chi connectivity index (χ4n) is 3.49. The predicted molar refractivity (Wildman–Crippen MR) is 108 cm³/mol. The van der Waals surface area contributed by atoms with E-state index >= 15 is 0 Å². The molecule has 1 aliphatic heterocycles. The van der Waals surface area contributed by atoms with Crippen molar-refractivity contribution in [2.24, 2.45) is 7.05 Å². The Morgan fingerprint density at radius 2 is 1.96 bits per heavy atom. The molecule has 1 aliphatic rings. The van der Waals surface area contributed by atoms with Crippen molar-refractivity contribution in [2.45, 2.75) is 12.8 Å². The van der Waals surface area contributed by atoms with Crippen molar-refractivity contribution in [3.63, 3.8) is 0 Å². The fraction of sp³-hybridized carbons (Fsp3) is 0.263. The lowest BCUT2D eigenvalue weighted by Crippen LogP contribution is -2.20. The molecule has 0 atom stereocenters.